The number of piperidine rings is 1. The lowest BCUT2D eigenvalue weighted by atomic mass is 9.72. The molecule has 5 nitrogen and oxygen atoms in total. The van der Waals surface area contributed by atoms with E-state index in [1.54, 1.807) is 17.7 Å². The molecule has 3 atom stereocenters. The predicted octanol–water partition coefficient (Wildman–Crippen LogP) is 5.56. The van der Waals surface area contributed by atoms with Crippen LogP contribution in [0.2, 0.25) is 0 Å². The number of benzene rings is 2. The van der Waals surface area contributed by atoms with Crippen molar-refractivity contribution in [1.29, 1.82) is 0 Å². The first-order valence-electron chi connectivity index (χ1n) is 15.9. The average Bonchev–Trinajstić information content (AvgIpc) is 3.61. The number of nitrogens with zero attached hydrogens (tertiary/aromatic N) is 3. The third-order valence-electron chi connectivity index (χ3n) is 10.5. The number of allylic oxidation sites excluding steroid dienone is 1. The zero-order valence-corrected chi connectivity index (χ0v) is 24.8. The third kappa shape index (κ3) is 5.63. The number of nitrogens with one attached hydrogen (secondary N) is 1. The Morgan fingerprint density at radius 3 is 2.41 bits per heavy atom. The fourth-order valence-electron chi connectivity index (χ4n) is 8.33. The summed E-state index contributed by atoms with van der Waals surface area (Å²) in [6.45, 7) is 14.2. The summed E-state index contributed by atoms with van der Waals surface area (Å²) in [6.07, 6.45) is 5.70. The molecule has 41 heavy (non-hydrogen) atoms. The van der Waals surface area contributed by atoms with Crippen LogP contribution in [-0.4, -0.2) is 72.5 Å². The van der Waals surface area contributed by atoms with Crippen molar-refractivity contribution in [2.24, 2.45) is 17.3 Å². The Labute approximate surface area is 244 Å². The van der Waals surface area contributed by atoms with Gasteiger partial charge in [0.15, 0.2) is 0 Å². The minimum absolute atomic E-state index is 0.157. The second-order valence-corrected chi connectivity index (χ2v) is 14.3. The van der Waals surface area contributed by atoms with E-state index in [0.717, 1.165) is 88.9 Å². The maximum Gasteiger partial charge on any atom is 0.254 e. The molecule has 1 aliphatic carbocycles. The number of carbonyl (C=O) groups is 1. The topological polar surface area (TPSA) is 38.8 Å². The van der Waals surface area contributed by atoms with Crippen LogP contribution in [0.4, 0.5) is 4.39 Å². The molecule has 218 valence electrons. The summed E-state index contributed by atoms with van der Waals surface area (Å²) in [5.41, 5.74) is 7.99. The van der Waals surface area contributed by atoms with Crippen molar-refractivity contribution in [2.75, 3.05) is 45.8 Å². The maximum absolute atomic E-state index is 13.6. The van der Waals surface area contributed by atoms with E-state index in [4.69, 9.17) is 0 Å². The number of amides is 1. The standard InChI is InChI=1S/C35H45FN4O/c1-35(2)12-11-26(33(15-35)25-6-8-30(36)9-7-25)18-39-21-28-19-38(20-29(28)22-39)17-24-5-10-32-27(14-24)23-40(34(32)41)31-4-3-13-37-16-31/h5-10,14,28-29,31,37H,3-4,11-13,15-23H2,1-2H3. The number of hydrogen-bond donors (Lipinski definition) is 1. The summed E-state index contributed by atoms with van der Waals surface area (Å²) < 4.78 is 13.6. The Balaban J connectivity index is 0.968. The normalized spacial score (nSPS) is 28.4. The van der Waals surface area contributed by atoms with Crippen LogP contribution in [0.5, 0.6) is 0 Å². The van der Waals surface area contributed by atoms with Gasteiger partial charge in [-0.15, -0.1) is 0 Å². The molecule has 5 aliphatic rings. The van der Waals surface area contributed by atoms with Crippen LogP contribution in [0.1, 0.15) is 73.0 Å². The summed E-state index contributed by atoms with van der Waals surface area (Å²) in [4.78, 5) is 20.5. The molecule has 0 bridgehead atoms. The fraction of sp³-hybridized carbons (Fsp3) is 0.571. The Hall–Kier alpha value is -2.54. The largest absolute Gasteiger partial charge is 0.330 e. The van der Waals surface area contributed by atoms with Crippen LogP contribution in [0.25, 0.3) is 5.57 Å². The zero-order valence-electron chi connectivity index (χ0n) is 24.8. The lowest BCUT2D eigenvalue weighted by Crippen LogP contribution is -2.46. The van der Waals surface area contributed by atoms with Gasteiger partial charge < -0.3 is 10.2 Å². The first-order valence-corrected chi connectivity index (χ1v) is 15.9. The summed E-state index contributed by atoms with van der Waals surface area (Å²) in [7, 11) is 0. The lowest BCUT2D eigenvalue weighted by molar-refractivity contribution is 0.0674. The van der Waals surface area contributed by atoms with Crippen LogP contribution >= 0.6 is 0 Å². The molecule has 3 unspecified atom stereocenters. The van der Waals surface area contributed by atoms with E-state index in [-0.39, 0.29) is 11.7 Å². The molecule has 1 amide bonds. The van der Waals surface area contributed by atoms with Gasteiger partial charge in [-0.05, 0) is 96.4 Å². The molecule has 0 spiro atoms. The molecule has 2 aromatic rings. The van der Waals surface area contributed by atoms with Gasteiger partial charge in [-0.25, -0.2) is 4.39 Å². The van der Waals surface area contributed by atoms with Crippen LogP contribution in [-0.2, 0) is 13.1 Å². The minimum atomic E-state index is -0.157. The van der Waals surface area contributed by atoms with Gasteiger partial charge in [0, 0.05) is 64.0 Å². The summed E-state index contributed by atoms with van der Waals surface area (Å²) in [6, 6.07) is 14.1. The quantitative estimate of drug-likeness (QED) is 0.506. The highest BCUT2D eigenvalue weighted by Gasteiger charge is 2.41. The summed E-state index contributed by atoms with van der Waals surface area (Å²) in [5.74, 6) is 1.52. The minimum Gasteiger partial charge on any atom is -0.330 e. The summed E-state index contributed by atoms with van der Waals surface area (Å²) >= 11 is 0. The molecule has 3 saturated heterocycles. The van der Waals surface area contributed by atoms with Crippen molar-refractivity contribution < 1.29 is 9.18 Å². The Morgan fingerprint density at radius 2 is 1.71 bits per heavy atom. The van der Waals surface area contributed by atoms with Crippen molar-refractivity contribution in [3.8, 4) is 0 Å². The highest BCUT2D eigenvalue weighted by atomic mass is 19.1. The Bertz CT molecular complexity index is 1310. The number of halogens is 1. The molecule has 0 aromatic heterocycles. The van der Waals surface area contributed by atoms with Gasteiger partial charge in [0.2, 0.25) is 0 Å². The van der Waals surface area contributed by atoms with Gasteiger partial charge in [0.25, 0.3) is 5.91 Å². The van der Waals surface area contributed by atoms with Gasteiger partial charge in [-0.3, -0.25) is 14.6 Å². The SMILES string of the molecule is CC1(C)CCC(CN2CC3CN(Cc4ccc5c(c4)CN(C4CCCNC4)C5=O)CC3C2)=C(c2ccc(F)cc2)C1. The first kappa shape index (κ1) is 27.3. The van der Waals surface area contributed by atoms with E-state index in [1.807, 2.05) is 12.1 Å². The molecule has 2 aromatic carbocycles. The number of carbonyl (C=O) groups excluding carboxylic acids is 1. The highest BCUT2D eigenvalue weighted by Crippen LogP contribution is 2.44. The number of likely N-dealkylation sites (tertiary alicyclic amines) is 2. The molecule has 1 N–H and O–H groups in total. The second-order valence-electron chi connectivity index (χ2n) is 14.3. The van der Waals surface area contributed by atoms with E-state index in [1.165, 1.54) is 41.8 Å². The molecular formula is C35H45FN4O. The van der Waals surface area contributed by atoms with Crippen molar-refractivity contribution >= 4 is 11.5 Å². The van der Waals surface area contributed by atoms with Gasteiger partial charge in [-0.2, -0.15) is 0 Å². The molecule has 3 fully saturated rings. The molecule has 0 saturated carbocycles. The third-order valence-corrected chi connectivity index (χ3v) is 10.5. The van der Waals surface area contributed by atoms with E-state index >= 15 is 0 Å². The van der Waals surface area contributed by atoms with Crippen LogP contribution < -0.4 is 5.32 Å². The number of fused-ring (bicyclic) bond motifs is 2. The van der Waals surface area contributed by atoms with Gasteiger partial charge >= 0.3 is 0 Å². The first-order chi connectivity index (χ1) is 19.8. The second kappa shape index (κ2) is 10.9. The zero-order chi connectivity index (χ0) is 28.1. The van der Waals surface area contributed by atoms with Gasteiger partial charge in [-0.1, -0.05) is 43.7 Å². The van der Waals surface area contributed by atoms with Crippen LogP contribution in [0, 0.1) is 23.1 Å². The van der Waals surface area contributed by atoms with Crippen molar-refractivity contribution in [2.45, 2.75) is 65.1 Å². The van der Waals surface area contributed by atoms with E-state index in [9.17, 15) is 9.18 Å². The predicted molar refractivity (Wildman–Crippen MR) is 162 cm³/mol. The number of hydrogen-bond acceptors (Lipinski definition) is 4. The number of rotatable bonds is 6. The maximum atomic E-state index is 13.6. The van der Waals surface area contributed by atoms with Gasteiger partial charge in [0.05, 0.1) is 0 Å². The van der Waals surface area contributed by atoms with E-state index < -0.39 is 0 Å². The molecule has 7 rings (SSSR count). The highest BCUT2D eigenvalue weighted by molar-refractivity contribution is 5.98. The van der Waals surface area contributed by atoms with Crippen molar-refractivity contribution in [3.05, 3.63) is 76.1 Å². The molecule has 4 aliphatic heterocycles. The fourth-order valence-corrected chi connectivity index (χ4v) is 8.33. The average molecular weight is 557 g/mol. The van der Waals surface area contributed by atoms with Crippen molar-refractivity contribution in [1.82, 2.24) is 20.0 Å². The van der Waals surface area contributed by atoms with E-state index in [2.05, 4.69) is 52.1 Å². The van der Waals surface area contributed by atoms with Crippen LogP contribution in [0.3, 0.4) is 0 Å². The Morgan fingerprint density at radius 1 is 0.976 bits per heavy atom. The molecule has 4 heterocycles. The Kier molecular flexibility index (Phi) is 7.29. The van der Waals surface area contributed by atoms with Crippen molar-refractivity contribution in [3.63, 3.8) is 0 Å². The lowest BCUT2D eigenvalue weighted by Gasteiger charge is -2.35. The van der Waals surface area contributed by atoms with Crippen LogP contribution in [0.15, 0.2) is 48.0 Å². The van der Waals surface area contributed by atoms with E-state index in [0.29, 0.717) is 11.5 Å². The molecule has 6 heteroatoms. The molecular weight excluding hydrogens is 511 g/mol. The molecule has 0 radical (unpaired) electrons. The monoisotopic (exact) mass is 556 g/mol. The smallest absolute Gasteiger partial charge is 0.254 e. The van der Waals surface area contributed by atoms with Gasteiger partial charge in [0.1, 0.15) is 5.82 Å². The summed E-state index contributed by atoms with van der Waals surface area (Å²) in [5, 5.41) is 3.46.